The van der Waals surface area contributed by atoms with Gasteiger partial charge in [-0.3, -0.25) is 0 Å². The van der Waals surface area contributed by atoms with Gasteiger partial charge in [0.05, 0.1) is 0 Å². The second kappa shape index (κ2) is 8.93. The van der Waals surface area contributed by atoms with Crippen LogP contribution in [0.25, 0.3) is 39.1 Å². The van der Waals surface area contributed by atoms with Gasteiger partial charge < -0.3 is 0 Å². The standard InChI is InChI=1S/C27H25AsN6/c28-26-25-24(33-27(34(25)14-13-31-26)19-6-4-17(16-29)5-7-19)20-9-8-18-10-11-22(32-23(18)15-20)21-3-1-2-12-30-21/h1-3,8-15,17,19H,4-7,16,29H2. The molecule has 6 rings (SSSR count). The van der Waals surface area contributed by atoms with E-state index in [-0.39, 0.29) is 0 Å². The molecular formula is C27H25AsN6. The Hall–Kier alpha value is -3.08. The van der Waals surface area contributed by atoms with Crippen LogP contribution < -0.4 is 10.2 Å². The van der Waals surface area contributed by atoms with E-state index in [2.05, 4.69) is 55.5 Å². The summed E-state index contributed by atoms with van der Waals surface area (Å²) in [5.41, 5.74) is 11.7. The first kappa shape index (κ1) is 21.5. The zero-order valence-electron chi connectivity index (χ0n) is 18.8. The second-order valence-electron chi connectivity index (χ2n) is 9.06. The molecule has 1 aromatic carbocycles. The molecule has 4 aromatic heterocycles. The Balaban J connectivity index is 1.46. The average Bonchev–Trinajstić information content (AvgIpc) is 3.30. The first-order valence-electron chi connectivity index (χ1n) is 11.8. The molecular weight excluding hydrogens is 483 g/mol. The maximum atomic E-state index is 5.93. The van der Waals surface area contributed by atoms with E-state index in [0.717, 1.165) is 68.8 Å². The van der Waals surface area contributed by atoms with Crippen LogP contribution >= 0.6 is 0 Å². The summed E-state index contributed by atoms with van der Waals surface area (Å²) in [6.07, 6.45) is 10.3. The average molecular weight is 508 g/mol. The summed E-state index contributed by atoms with van der Waals surface area (Å²) in [4.78, 5) is 19.2. The van der Waals surface area contributed by atoms with Crippen LogP contribution in [0.15, 0.2) is 67.1 Å². The van der Waals surface area contributed by atoms with Crippen LogP contribution in [0.3, 0.4) is 0 Å². The third-order valence-corrected chi connectivity index (χ3v) is 7.69. The van der Waals surface area contributed by atoms with Crippen molar-refractivity contribution in [2.24, 2.45) is 11.7 Å². The van der Waals surface area contributed by atoms with Gasteiger partial charge in [0, 0.05) is 0 Å². The normalized spacial score (nSPS) is 18.5. The van der Waals surface area contributed by atoms with Gasteiger partial charge in [0.2, 0.25) is 0 Å². The molecule has 1 fully saturated rings. The van der Waals surface area contributed by atoms with Gasteiger partial charge in [0.25, 0.3) is 0 Å². The maximum absolute atomic E-state index is 5.93. The van der Waals surface area contributed by atoms with Crippen molar-refractivity contribution in [1.82, 2.24) is 24.3 Å². The van der Waals surface area contributed by atoms with Crippen LogP contribution in [0.5, 0.6) is 0 Å². The first-order chi connectivity index (χ1) is 16.7. The summed E-state index contributed by atoms with van der Waals surface area (Å²) in [5, 5.41) is 1.10. The number of rotatable bonds is 4. The summed E-state index contributed by atoms with van der Waals surface area (Å²) < 4.78 is 3.17. The second-order valence-corrected chi connectivity index (χ2v) is 9.95. The molecule has 0 bridgehead atoms. The third kappa shape index (κ3) is 3.81. The van der Waals surface area contributed by atoms with E-state index in [0.29, 0.717) is 11.8 Å². The van der Waals surface area contributed by atoms with Gasteiger partial charge in [-0.1, -0.05) is 0 Å². The first-order valence-corrected chi connectivity index (χ1v) is 12.7. The van der Waals surface area contributed by atoms with Gasteiger partial charge in [-0.05, 0) is 0 Å². The number of imidazole rings is 1. The molecule has 7 heteroatoms. The number of hydrogen-bond donors (Lipinski definition) is 1. The van der Waals surface area contributed by atoms with Crippen molar-refractivity contribution in [3.8, 4) is 22.6 Å². The minimum atomic E-state index is 0.438. The molecule has 5 aromatic rings. The van der Waals surface area contributed by atoms with Gasteiger partial charge in [-0.2, -0.15) is 0 Å². The van der Waals surface area contributed by atoms with Crippen LogP contribution in [0.4, 0.5) is 0 Å². The number of benzene rings is 1. The van der Waals surface area contributed by atoms with E-state index in [1.807, 2.05) is 36.7 Å². The fourth-order valence-electron chi connectivity index (χ4n) is 5.11. The molecule has 0 saturated heterocycles. The molecule has 0 unspecified atom stereocenters. The number of fused-ring (bicyclic) bond motifs is 2. The predicted octanol–water partition coefficient (Wildman–Crippen LogP) is 4.03. The fourth-order valence-corrected chi connectivity index (χ4v) is 5.70. The Labute approximate surface area is 207 Å². The quantitative estimate of drug-likeness (QED) is 0.371. The molecule has 0 aliphatic heterocycles. The van der Waals surface area contributed by atoms with Crippen molar-refractivity contribution < 1.29 is 0 Å². The molecule has 2 N–H and O–H groups in total. The van der Waals surface area contributed by atoms with E-state index in [1.54, 1.807) is 6.20 Å². The van der Waals surface area contributed by atoms with Gasteiger partial charge >= 0.3 is 207 Å². The van der Waals surface area contributed by atoms with Gasteiger partial charge in [0.1, 0.15) is 0 Å². The zero-order valence-corrected chi connectivity index (χ0v) is 20.7. The van der Waals surface area contributed by atoms with Crippen LogP contribution in [0.2, 0.25) is 0 Å². The molecule has 0 spiro atoms. The van der Waals surface area contributed by atoms with Gasteiger partial charge in [-0.25, -0.2) is 0 Å². The Kier molecular flexibility index (Phi) is 5.64. The van der Waals surface area contributed by atoms with E-state index in [1.165, 1.54) is 12.8 Å². The van der Waals surface area contributed by atoms with E-state index >= 15 is 0 Å². The molecule has 34 heavy (non-hydrogen) atoms. The molecule has 6 nitrogen and oxygen atoms in total. The van der Waals surface area contributed by atoms with Crippen LogP contribution in [0, 0.1) is 5.92 Å². The number of nitrogens with two attached hydrogens (primary N) is 1. The van der Waals surface area contributed by atoms with Crippen molar-refractivity contribution in [3.05, 3.63) is 72.9 Å². The number of hydrogen-bond acceptors (Lipinski definition) is 5. The summed E-state index contributed by atoms with van der Waals surface area (Å²) >= 11 is 2.60. The summed E-state index contributed by atoms with van der Waals surface area (Å²) in [7, 11) is 0. The molecule has 0 atom stereocenters. The Bertz CT molecular complexity index is 1470. The van der Waals surface area contributed by atoms with Crippen LogP contribution in [-0.4, -0.2) is 47.7 Å². The van der Waals surface area contributed by atoms with E-state index < -0.39 is 0 Å². The summed E-state index contributed by atoms with van der Waals surface area (Å²) in [5.74, 6) is 2.21. The van der Waals surface area contributed by atoms with Crippen molar-refractivity contribution in [1.29, 1.82) is 0 Å². The number of aromatic nitrogens is 5. The topological polar surface area (TPSA) is 82.0 Å². The van der Waals surface area contributed by atoms with Crippen LogP contribution in [-0.2, 0) is 0 Å². The Morgan fingerprint density at radius 3 is 2.56 bits per heavy atom. The Morgan fingerprint density at radius 1 is 0.912 bits per heavy atom. The number of nitrogens with zero attached hydrogens (tertiary/aromatic N) is 5. The third-order valence-electron chi connectivity index (χ3n) is 7.00. The molecule has 1 aliphatic carbocycles. The molecule has 0 amide bonds. The van der Waals surface area contributed by atoms with E-state index in [4.69, 9.17) is 15.7 Å². The van der Waals surface area contributed by atoms with Gasteiger partial charge in [-0.15, -0.1) is 0 Å². The molecule has 168 valence electrons. The SMILES string of the molecule is NCC1CCC(c2nc(-c3ccc4ccc(-c5ccccn5)nc4c3)c3c([As])nccn23)CC1. The molecule has 2 radical (unpaired) electrons. The van der Waals surface area contributed by atoms with Crippen molar-refractivity contribution in [3.63, 3.8) is 0 Å². The summed E-state index contributed by atoms with van der Waals surface area (Å²) in [6.45, 7) is 0.783. The fraction of sp³-hybridized carbons (Fsp3) is 0.259. The number of pyridine rings is 2. The Morgan fingerprint density at radius 2 is 1.76 bits per heavy atom. The van der Waals surface area contributed by atoms with Gasteiger partial charge in [0.15, 0.2) is 0 Å². The van der Waals surface area contributed by atoms with Crippen LogP contribution in [0.1, 0.15) is 37.4 Å². The van der Waals surface area contributed by atoms with Crippen molar-refractivity contribution >= 4 is 37.8 Å². The molecule has 1 aliphatic rings. The minimum absolute atomic E-state index is 0.438. The van der Waals surface area contributed by atoms with Crippen molar-refractivity contribution in [2.45, 2.75) is 31.6 Å². The van der Waals surface area contributed by atoms with E-state index in [9.17, 15) is 0 Å². The van der Waals surface area contributed by atoms with Crippen molar-refractivity contribution in [2.75, 3.05) is 6.54 Å². The molecule has 1 saturated carbocycles. The predicted molar refractivity (Wildman–Crippen MR) is 136 cm³/mol. The monoisotopic (exact) mass is 508 g/mol. The zero-order chi connectivity index (χ0) is 23.1. The summed E-state index contributed by atoms with van der Waals surface area (Å²) in [6, 6.07) is 16.4. The molecule has 4 heterocycles.